The van der Waals surface area contributed by atoms with Gasteiger partial charge in [0, 0.05) is 12.3 Å². The minimum atomic E-state index is -0.411. The lowest BCUT2D eigenvalue weighted by atomic mass is 10.1. The first kappa shape index (κ1) is 14.3. The minimum Gasteiger partial charge on any atom is -0.455 e. The number of nitrogens with zero attached hydrogens (tertiary/aromatic N) is 2. The van der Waals surface area contributed by atoms with Crippen LogP contribution in [0.25, 0.3) is 10.9 Å². The summed E-state index contributed by atoms with van der Waals surface area (Å²) in [5.41, 5.74) is 0.532. The third kappa shape index (κ3) is 2.60. The van der Waals surface area contributed by atoms with Crippen LogP contribution in [0.4, 0.5) is 5.69 Å². The summed E-state index contributed by atoms with van der Waals surface area (Å²) in [5, 5.41) is 11.8. The van der Waals surface area contributed by atoms with E-state index in [1.54, 1.807) is 18.3 Å². The van der Waals surface area contributed by atoms with Gasteiger partial charge in [-0.1, -0.05) is 24.3 Å². The molecule has 0 saturated carbocycles. The molecule has 0 fully saturated rings. The predicted octanol–water partition coefficient (Wildman–Crippen LogP) is 4.66. The Labute approximate surface area is 131 Å². The number of hydrogen-bond donors (Lipinski definition) is 0. The Kier molecular flexibility index (Phi) is 3.93. The lowest BCUT2D eigenvalue weighted by Gasteiger charge is -2.12. The topological polar surface area (TPSA) is 65.3 Å². The Bertz CT molecular complexity index is 837. The van der Waals surface area contributed by atoms with E-state index in [-0.39, 0.29) is 5.69 Å². The van der Waals surface area contributed by atoms with E-state index >= 15 is 0 Å². The molecule has 2 aromatic carbocycles. The molecule has 0 radical (unpaired) electrons. The van der Waals surface area contributed by atoms with Gasteiger partial charge in [0.1, 0.15) is 11.1 Å². The Morgan fingerprint density at radius 3 is 2.59 bits per heavy atom. The van der Waals surface area contributed by atoms with Crippen molar-refractivity contribution in [3.8, 4) is 11.5 Å². The summed E-state index contributed by atoms with van der Waals surface area (Å²) in [7, 11) is 0. The van der Waals surface area contributed by atoms with Crippen molar-refractivity contribution in [3.63, 3.8) is 0 Å². The molecule has 5 nitrogen and oxygen atoms in total. The second-order valence-corrected chi connectivity index (χ2v) is 5.35. The average Bonchev–Trinajstić information content (AvgIpc) is 2.55. The molecule has 1 heterocycles. The summed E-state index contributed by atoms with van der Waals surface area (Å²) in [5.74, 6) is 1.10. The number of benzene rings is 2. The summed E-state index contributed by atoms with van der Waals surface area (Å²) in [6.07, 6.45) is 3.56. The van der Waals surface area contributed by atoms with Crippen LogP contribution in [0.15, 0.2) is 59.6 Å². The number of hydrogen-bond acceptors (Lipinski definition) is 5. The van der Waals surface area contributed by atoms with E-state index in [0.29, 0.717) is 22.4 Å². The number of non-ortho nitro benzene ring substituents is 1. The average molecular weight is 312 g/mol. The van der Waals surface area contributed by atoms with Crippen molar-refractivity contribution < 1.29 is 9.66 Å². The molecule has 1 aromatic heterocycles. The molecule has 0 saturated heterocycles. The molecule has 0 N–H and O–H groups in total. The number of para-hydroxylation sites is 1. The van der Waals surface area contributed by atoms with Crippen molar-refractivity contribution in [2.45, 2.75) is 4.90 Å². The van der Waals surface area contributed by atoms with Gasteiger partial charge in [-0.2, -0.15) is 0 Å². The van der Waals surface area contributed by atoms with Crippen LogP contribution >= 0.6 is 11.8 Å². The van der Waals surface area contributed by atoms with Gasteiger partial charge in [0.25, 0.3) is 5.69 Å². The van der Waals surface area contributed by atoms with Gasteiger partial charge in [0.05, 0.1) is 15.3 Å². The quantitative estimate of drug-likeness (QED) is 0.398. The molecule has 0 spiro atoms. The van der Waals surface area contributed by atoms with Crippen LogP contribution in [-0.2, 0) is 0 Å². The molecule has 0 amide bonds. The van der Waals surface area contributed by atoms with Crippen molar-refractivity contribution in [1.82, 2.24) is 4.98 Å². The van der Waals surface area contributed by atoms with Crippen LogP contribution in [0.2, 0.25) is 0 Å². The largest absolute Gasteiger partial charge is 0.455 e. The molecule has 3 aromatic rings. The maximum atomic E-state index is 11.3. The minimum absolute atomic E-state index is 0.00756. The van der Waals surface area contributed by atoms with E-state index in [1.807, 2.05) is 36.6 Å². The highest BCUT2D eigenvalue weighted by atomic mass is 32.2. The number of nitro benzene ring substituents is 1. The fourth-order valence-electron chi connectivity index (χ4n) is 2.18. The molecule has 0 aliphatic rings. The first-order chi connectivity index (χ1) is 10.7. The van der Waals surface area contributed by atoms with E-state index in [4.69, 9.17) is 4.74 Å². The van der Waals surface area contributed by atoms with Crippen LogP contribution in [0.3, 0.4) is 0 Å². The van der Waals surface area contributed by atoms with E-state index in [9.17, 15) is 10.1 Å². The Morgan fingerprint density at radius 2 is 1.91 bits per heavy atom. The standard InChI is InChI=1S/C16H12N2O3S/c1-22-14-10-17-12-8-5-9-13(18(19)20)15(12)16(14)21-11-6-3-2-4-7-11/h2-10H,1H3. The number of fused-ring (bicyclic) bond motifs is 1. The van der Waals surface area contributed by atoms with Gasteiger partial charge in [-0.25, -0.2) is 0 Å². The molecule has 3 rings (SSSR count). The van der Waals surface area contributed by atoms with Gasteiger partial charge in [-0.3, -0.25) is 15.1 Å². The number of ether oxygens (including phenoxy) is 1. The van der Waals surface area contributed by atoms with Crippen LogP contribution in [0.5, 0.6) is 11.5 Å². The Hall–Kier alpha value is -2.60. The molecule has 6 heteroatoms. The first-order valence-corrected chi connectivity index (χ1v) is 7.76. The number of thioether (sulfide) groups is 1. The van der Waals surface area contributed by atoms with Gasteiger partial charge >= 0.3 is 0 Å². The third-order valence-electron chi connectivity index (χ3n) is 3.17. The highest BCUT2D eigenvalue weighted by Gasteiger charge is 2.20. The number of pyridine rings is 1. The van der Waals surface area contributed by atoms with Crippen LogP contribution < -0.4 is 4.74 Å². The summed E-state index contributed by atoms with van der Waals surface area (Å²) in [4.78, 5) is 16.0. The van der Waals surface area contributed by atoms with Crippen LogP contribution in [-0.4, -0.2) is 16.2 Å². The van der Waals surface area contributed by atoms with Crippen molar-refractivity contribution in [2.24, 2.45) is 0 Å². The molecular formula is C16H12N2O3S. The number of rotatable bonds is 4. The second kappa shape index (κ2) is 6.03. The molecule has 0 aliphatic heterocycles. The maximum Gasteiger partial charge on any atom is 0.282 e. The smallest absolute Gasteiger partial charge is 0.282 e. The van der Waals surface area contributed by atoms with E-state index in [1.165, 1.54) is 17.8 Å². The number of nitro groups is 1. The highest BCUT2D eigenvalue weighted by Crippen LogP contribution is 2.41. The summed E-state index contributed by atoms with van der Waals surface area (Å²) < 4.78 is 5.94. The third-order valence-corrected chi connectivity index (χ3v) is 3.90. The van der Waals surface area contributed by atoms with E-state index in [2.05, 4.69) is 4.98 Å². The molecule has 0 aliphatic carbocycles. The summed E-state index contributed by atoms with van der Waals surface area (Å²) in [6.45, 7) is 0. The predicted molar refractivity (Wildman–Crippen MR) is 86.7 cm³/mol. The van der Waals surface area contributed by atoms with E-state index < -0.39 is 4.92 Å². The van der Waals surface area contributed by atoms with Gasteiger partial charge in [-0.05, 0) is 24.5 Å². The number of aromatic nitrogens is 1. The second-order valence-electron chi connectivity index (χ2n) is 4.50. The molecular weight excluding hydrogens is 300 g/mol. The Balaban J connectivity index is 2.27. The monoisotopic (exact) mass is 312 g/mol. The molecule has 22 heavy (non-hydrogen) atoms. The summed E-state index contributed by atoms with van der Waals surface area (Å²) in [6, 6.07) is 14.0. The highest BCUT2D eigenvalue weighted by molar-refractivity contribution is 7.98. The summed E-state index contributed by atoms with van der Waals surface area (Å²) >= 11 is 1.44. The maximum absolute atomic E-state index is 11.3. The van der Waals surface area contributed by atoms with Crippen molar-refractivity contribution in [2.75, 3.05) is 6.26 Å². The van der Waals surface area contributed by atoms with Crippen molar-refractivity contribution >= 4 is 28.4 Å². The van der Waals surface area contributed by atoms with Crippen molar-refractivity contribution in [3.05, 3.63) is 64.8 Å². The SMILES string of the molecule is CSc1cnc2cccc([N+](=O)[O-])c2c1Oc1ccccc1. The first-order valence-electron chi connectivity index (χ1n) is 6.53. The zero-order chi connectivity index (χ0) is 15.5. The fourth-order valence-corrected chi connectivity index (χ4v) is 2.67. The molecule has 110 valence electrons. The van der Waals surface area contributed by atoms with Crippen molar-refractivity contribution in [1.29, 1.82) is 0 Å². The molecule has 0 bridgehead atoms. The fraction of sp³-hybridized carbons (Fsp3) is 0.0625. The molecule has 0 unspecified atom stereocenters. The molecule has 0 atom stereocenters. The zero-order valence-corrected chi connectivity index (χ0v) is 12.5. The lowest BCUT2D eigenvalue weighted by Crippen LogP contribution is -1.95. The van der Waals surface area contributed by atoms with E-state index in [0.717, 1.165) is 4.90 Å². The zero-order valence-electron chi connectivity index (χ0n) is 11.7. The lowest BCUT2D eigenvalue weighted by molar-refractivity contribution is -0.383. The van der Waals surface area contributed by atoms with Crippen LogP contribution in [0, 0.1) is 10.1 Å². The van der Waals surface area contributed by atoms with Gasteiger partial charge in [0.15, 0.2) is 5.75 Å². The van der Waals surface area contributed by atoms with Gasteiger partial charge in [0.2, 0.25) is 0 Å². The normalized spacial score (nSPS) is 10.6. The Morgan fingerprint density at radius 1 is 1.14 bits per heavy atom. The van der Waals surface area contributed by atoms with Crippen LogP contribution in [0.1, 0.15) is 0 Å². The van der Waals surface area contributed by atoms with Gasteiger partial charge in [-0.15, -0.1) is 11.8 Å². The van der Waals surface area contributed by atoms with Gasteiger partial charge < -0.3 is 4.74 Å².